The van der Waals surface area contributed by atoms with Gasteiger partial charge in [-0.05, 0) is 12.1 Å². The first kappa shape index (κ1) is 13.3. The SMILES string of the molecule is Nc1cncc(C(=O)Nc2c(F)cc(Br)cc2F)n1. The molecule has 2 aromatic rings. The molecule has 0 saturated heterocycles. The molecule has 1 amide bonds. The Balaban J connectivity index is 2.29. The first-order valence-corrected chi connectivity index (χ1v) is 5.80. The average Bonchev–Trinajstić information content (AvgIpc) is 2.33. The minimum Gasteiger partial charge on any atom is -0.382 e. The molecule has 1 heterocycles. The number of benzene rings is 1. The number of anilines is 2. The molecule has 5 nitrogen and oxygen atoms in total. The van der Waals surface area contributed by atoms with Gasteiger partial charge in [0.2, 0.25) is 0 Å². The number of nitrogens with zero attached hydrogens (tertiary/aromatic N) is 2. The number of rotatable bonds is 2. The molecule has 0 bridgehead atoms. The molecule has 0 atom stereocenters. The molecule has 8 heteroatoms. The fraction of sp³-hybridized carbons (Fsp3) is 0. The summed E-state index contributed by atoms with van der Waals surface area (Å²) in [5, 5.41) is 2.08. The highest BCUT2D eigenvalue weighted by Crippen LogP contribution is 2.24. The molecule has 1 aromatic heterocycles. The second kappa shape index (κ2) is 5.27. The monoisotopic (exact) mass is 328 g/mol. The van der Waals surface area contributed by atoms with Crippen molar-refractivity contribution in [2.45, 2.75) is 0 Å². The lowest BCUT2D eigenvalue weighted by Crippen LogP contribution is -2.16. The van der Waals surface area contributed by atoms with Crippen LogP contribution < -0.4 is 11.1 Å². The molecule has 0 fully saturated rings. The topological polar surface area (TPSA) is 80.9 Å². The zero-order chi connectivity index (χ0) is 14.0. The summed E-state index contributed by atoms with van der Waals surface area (Å²) in [6.45, 7) is 0. The van der Waals surface area contributed by atoms with Gasteiger partial charge in [0.25, 0.3) is 5.91 Å². The van der Waals surface area contributed by atoms with Crippen LogP contribution in [0, 0.1) is 11.6 Å². The lowest BCUT2D eigenvalue weighted by Gasteiger charge is -2.07. The van der Waals surface area contributed by atoms with Crippen LogP contribution in [-0.4, -0.2) is 15.9 Å². The highest BCUT2D eigenvalue weighted by molar-refractivity contribution is 9.10. The predicted molar refractivity (Wildman–Crippen MR) is 68.5 cm³/mol. The Morgan fingerprint density at radius 3 is 2.47 bits per heavy atom. The van der Waals surface area contributed by atoms with E-state index in [1.807, 2.05) is 0 Å². The zero-order valence-electron chi connectivity index (χ0n) is 9.32. The highest BCUT2D eigenvalue weighted by Gasteiger charge is 2.16. The maximum atomic E-state index is 13.5. The van der Waals surface area contributed by atoms with E-state index in [-0.39, 0.29) is 16.0 Å². The molecule has 0 unspecified atom stereocenters. The van der Waals surface area contributed by atoms with Crippen molar-refractivity contribution in [3.05, 3.63) is 46.3 Å². The number of hydrogen-bond donors (Lipinski definition) is 2. The summed E-state index contributed by atoms with van der Waals surface area (Å²) in [4.78, 5) is 19.1. The lowest BCUT2D eigenvalue weighted by atomic mass is 10.2. The number of carbonyl (C=O) groups excluding carboxylic acids is 1. The van der Waals surface area contributed by atoms with Crippen LogP contribution in [0.5, 0.6) is 0 Å². The Kier molecular flexibility index (Phi) is 3.70. The number of nitrogens with two attached hydrogens (primary N) is 1. The van der Waals surface area contributed by atoms with Gasteiger partial charge in [-0.2, -0.15) is 0 Å². The average molecular weight is 329 g/mol. The Hall–Kier alpha value is -2.09. The van der Waals surface area contributed by atoms with Crippen molar-refractivity contribution in [1.29, 1.82) is 0 Å². The van der Waals surface area contributed by atoms with Crippen molar-refractivity contribution in [2.24, 2.45) is 0 Å². The second-order valence-electron chi connectivity index (χ2n) is 3.53. The molecule has 98 valence electrons. The molecule has 0 spiro atoms. The minimum absolute atomic E-state index is 0.0319. The third-order valence-corrected chi connectivity index (χ3v) is 2.59. The van der Waals surface area contributed by atoms with Gasteiger partial charge in [0.15, 0.2) is 11.6 Å². The van der Waals surface area contributed by atoms with E-state index in [1.54, 1.807) is 0 Å². The van der Waals surface area contributed by atoms with E-state index in [2.05, 4.69) is 31.2 Å². The third kappa shape index (κ3) is 3.02. The lowest BCUT2D eigenvalue weighted by molar-refractivity contribution is 0.102. The number of nitrogens with one attached hydrogen (secondary N) is 1. The summed E-state index contributed by atoms with van der Waals surface area (Å²) in [5.74, 6) is -2.58. The van der Waals surface area contributed by atoms with Gasteiger partial charge in [-0.1, -0.05) is 15.9 Å². The van der Waals surface area contributed by atoms with Gasteiger partial charge in [-0.3, -0.25) is 9.78 Å². The Bertz CT molecular complexity index is 627. The number of nitrogen functional groups attached to an aromatic ring is 1. The summed E-state index contributed by atoms with van der Waals surface area (Å²) in [6.07, 6.45) is 2.39. The molecule has 3 N–H and O–H groups in total. The normalized spacial score (nSPS) is 10.3. The van der Waals surface area contributed by atoms with Crippen LogP contribution in [-0.2, 0) is 0 Å². The van der Waals surface area contributed by atoms with Crippen molar-refractivity contribution < 1.29 is 13.6 Å². The number of hydrogen-bond acceptors (Lipinski definition) is 4. The Morgan fingerprint density at radius 2 is 1.89 bits per heavy atom. The van der Waals surface area contributed by atoms with Crippen molar-refractivity contribution >= 4 is 33.3 Å². The van der Waals surface area contributed by atoms with Crippen LogP contribution in [0.4, 0.5) is 20.3 Å². The maximum absolute atomic E-state index is 13.5. The molecule has 0 radical (unpaired) electrons. The second-order valence-corrected chi connectivity index (χ2v) is 4.44. The van der Waals surface area contributed by atoms with Crippen LogP contribution in [0.2, 0.25) is 0 Å². The summed E-state index contributed by atoms with van der Waals surface area (Å²) in [5.41, 5.74) is 4.67. The third-order valence-electron chi connectivity index (χ3n) is 2.13. The molecule has 2 rings (SSSR count). The molecule has 0 aliphatic rings. The van der Waals surface area contributed by atoms with Crippen LogP contribution in [0.15, 0.2) is 29.0 Å². The number of amides is 1. The predicted octanol–water partition coefficient (Wildman–Crippen LogP) is 2.35. The molecular formula is C11H7BrF2N4O. The van der Waals surface area contributed by atoms with Crippen LogP contribution >= 0.6 is 15.9 Å². The molecule has 0 aliphatic heterocycles. The Morgan fingerprint density at radius 1 is 1.26 bits per heavy atom. The number of aromatic nitrogens is 2. The van der Waals surface area contributed by atoms with Crippen LogP contribution in [0.25, 0.3) is 0 Å². The number of carbonyl (C=O) groups is 1. The molecule has 0 aliphatic carbocycles. The van der Waals surface area contributed by atoms with E-state index in [1.165, 1.54) is 6.20 Å². The molecular weight excluding hydrogens is 322 g/mol. The first-order chi connectivity index (χ1) is 8.97. The fourth-order valence-corrected chi connectivity index (χ4v) is 1.73. The van der Waals surface area contributed by atoms with E-state index in [0.29, 0.717) is 0 Å². The zero-order valence-corrected chi connectivity index (χ0v) is 10.9. The van der Waals surface area contributed by atoms with E-state index < -0.39 is 23.2 Å². The van der Waals surface area contributed by atoms with E-state index >= 15 is 0 Å². The van der Waals surface area contributed by atoms with Gasteiger partial charge in [0, 0.05) is 4.47 Å². The number of halogens is 3. The standard InChI is InChI=1S/C11H7BrF2N4O/c12-5-1-6(13)10(7(14)2-5)18-11(19)8-3-16-4-9(15)17-8/h1-4H,(H2,15,17)(H,18,19). The summed E-state index contributed by atoms with van der Waals surface area (Å²) in [7, 11) is 0. The van der Waals surface area contributed by atoms with Crippen LogP contribution in [0.3, 0.4) is 0 Å². The first-order valence-electron chi connectivity index (χ1n) is 5.01. The summed E-state index contributed by atoms with van der Waals surface area (Å²) in [6, 6.07) is 2.06. The van der Waals surface area contributed by atoms with E-state index in [9.17, 15) is 13.6 Å². The van der Waals surface area contributed by atoms with E-state index in [0.717, 1.165) is 18.3 Å². The summed E-state index contributed by atoms with van der Waals surface area (Å²) >= 11 is 2.94. The quantitative estimate of drug-likeness (QED) is 0.886. The van der Waals surface area contributed by atoms with Gasteiger partial charge in [0.05, 0.1) is 12.4 Å². The highest BCUT2D eigenvalue weighted by atomic mass is 79.9. The van der Waals surface area contributed by atoms with Crippen molar-refractivity contribution in [3.63, 3.8) is 0 Å². The molecule has 0 saturated carbocycles. The molecule has 1 aromatic carbocycles. The maximum Gasteiger partial charge on any atom is 0.276 e. The van der Waals surface area contributed by atoms with Crippen molar-refractivity contribution in [1.82, 2.24) is 9.97 Å². The summed E-state index contributed by atoms with van der Waals surface area (Å²) < 4.78 is 27.3. The minimum atomic E-state index is -0.905. The van der Waals surface area contributed by atoms with E-state index in [4.69, 9.17) is 5.73 Å². The van der Waals surface area contributed by atoms with Gasteiger partial charge in [-0.25, -0.2) is 13.8 Å². The van der Waals surface area contributed by atoms with Gasteiger partial charge < -0.3 is 11.1 Å². The van der Waals surface area contributed by atoms with Gasteiger partial charge >= 0.3 is 0 Å². The van der Waals surface area contributed by atoms with Crippen LogP contribution in [0.1, 0.15) is 10.5 Å². The van der Waals surface area contributed by atoms with Gasteiger partial charge in [0.1, 0.15) is 17.2 Å². The fourth-order valence-electron chi connectivity index (χ4n) is 1.33. The Labute approximate surface area is 115 Å². The van der Waals surface area contributed by atoms with Gasteiger partial charge in [-0.15, -0.1) is 0 Å². The molecule has 19 heavy (non-hydrogen) atoms. The smallest absolute Gasteiger partial charge is 0.276 e. The van der Waals surface area contributed by atoms with Crippen molar-refractivity contribution in [2.75, 3.05) is 11.1 Å². The largest absolute Gasteiger partial charge is 0.382 e. The van der Waals surface area contributed by atoms with Crippen molar-refractivity contribution in [3.8, 4) is 0 Å².